The van der Waals surface area contributed by atoms with Crippen molar-refractivity contribution in [3.63, 3.8) is 0 Å². The van der Waals surface area contributed by atoms with Crippen molar-refractivity contribution in [1.29, 1.82) is 0 Å². The summed E-state index contributed by atoms with van der Waals surface area (Å²) in [5.74, 6) is -0.0436. The Morgan fingerprint density at radius 3 is 2.43 bits per heavy atom. The Balaban J connectivity index is 1.82. The number of carbonyl (C=O) groups excluding carboxylic acids is 1. The molecule has 8 heteroatoms. The van der Waals surface area contributed by atoms with Crippen LogP contribution in [0.1, 0.15) is 21.1 Å². The van der Waals surface area contributed by atoms with E-state index < -0.39 is 10.0 Å². The normalized spacial score (nSPS) is 11.4. The predicted octanol–water partition coefficient (Wildman–Crippen LogP) is 1.31. The number of aryl methyl sites for hydroxylation is 2. The predicted molar refractivity (Wildman–Crippen MR) is 89.8 cm³/mol. The maximum atomic E-state index is 11.9. The summed E-state index contributed by atoms with van der Waals surface area (Å²) < 4.78 is 22.3. The minimum atomic E-state index is -3.66. The number of nitrogens with two attached hydrogens (primary N) is 1. The molecule has 0 aliphatic rings. The van der Waals surface area contributed by atoms with Gasteiger partial charge < -0.3 is 5.32 Å². The molecular weight excluding hydrogens is 334 g/mol. The summed E-state index contributed by atoms with van der Waals surface area (Å²) in [6.07, 6.45) is 0.957. The standard InChI is InChI=1S/C15H19N3O3S2/c1-10-14(22-11(2)18-10)9-15(19)17-8-7-12-3-5-13(6-4-12)23(16,20)21/h3-6H,7-9H2,1-2H3,(H,17,19)(H2,16,20,21). The van der Waals surface area contributed by atoms with Crippen molar-refractivity contribution in [3.05, 3.63) is 45.4 Å². The number of thiazole rings is 1. The zero-order valence-electron chi connectivity index (χ0n) is 13.0. The molecule has 0 aliphatic heterocycles. The molecule has 0 unspecified atom stereocenters. The second-order valence-corrected chi connectivity index (χ2v) is 8.06. The van der Waals surface area contributed by atoms with Crippen LogP contribution in [0.5, 0.6) is 0 Å². The summed E-state index contributed by atoms with van der Waals surface area (Å²) in [6.45, 7) is 4.31. The van der Waals surface area contributed by atoms with Crippen LogP contribution < -0.4 is 10.5 Å². The fraction of sp³-hybridized carbons (Fsp3) is 0.333. The van der Waals surface area contributed by atoms with Gasteiger partial charge >= 0.3 is 0 Å². The van der Waals surface area contributed by atoms with Crippen molar-refractivity contribution in [2.45, 2.75) is 31.6 Å². The Bertz CT molecular complexity index is 796. The molecule has 0 radical (unpaired) electrons. The number of rotatable bonds is 6. The molecule has 1 aromatic heterocycles. The number of carbonyl (C=O) groups is 1. The van der Waals surface area contributed by atoms with E-state index in [1.54, 1.807) is 12.1 Å². The molecule has 1 heterocycles. The highest BCUT2D eigenvalue weighted by Crippen LogP contribution is 2.17. The van der Waals surface area contributed by atoms with E-state index in [1.807, 2.05) is 13.8 Å². The molecule has 0 fully saturated rings. The number of sulfonamides is 1. The van der Waals surface area contributed by atoms with Crippen LogP contribution in [0.25, 0.3) is 0 Å². The van der Waals surface area contributed by atoms with Crippen molar-refractivity contribution in [1.82, 2.24) is 10.3 Å². The first-order valence-electron chi connectivity index (χ1n) is 7.07. The maximum Gasteiger partial charge on any atom is 0.238 e. The van der Waals surface area contributed by atoms with E-state index in [0.717, 1.165) is 21.1 Å². The van der Waals surface area contributed by atoms with Gasteiger partial charge in [0, 0.05) is 11.4 Å². The molecule has 0 saturated heterocycles. The third kappa shape index (κ3) is 5.12. The van der Waals surface area contributed by atoms with Gasteiger partial charge in [0.25, 0.3) is 0 Å². The van der Waals surface area contributed by atoms with Gasteiger partial charge in [-0.3, -0.25) is 4.79 Å². The Hall–Kier alpha value is -1.77. The first kappa shape index (κ1) is 17.6. The molecule has 0 aliphatic carbocycles. The zero-order chi connectivity index (χ0) is 17.0. The van der Waals surface area contributed by atoms with E-state index in [0.29, 0.717) is 19.4 Å². The SMILES string of the molecule is Cc1nc(C)c(CC(=O)NCCc2ccc(S(N)(=O)=O)cc2)s1. The van der Waals surface area contributed by atoms with Crippen LogP contribution in [-0.2, 0) is 27.7 Å². The molecule has 1 aromatic carbocycles. The second-order valence-electron chi connectivity index (χ2n) is 5.21. The Morgan fingerprint density at radius 1 is 1.26 bits per heavy atom. The van der Waals surface area contributed by atoms with Gasteiger partial charge in [-0.1, -0.05) is 12.1 Å². The van der Waals surface area contributed by atoms with Gasteiger partial charge in [0.15, 0.2) is 0 Å². The lowest BCUT2D eigenvalue weighted by Gasteiger charge is -2.06. The topological polar surface area (TPSA) is 102 Å². The summed E-state index contributed by atoms with van der Waals surface area (Å²) in [7, 11) is -3.66. The quantitative estimate of drug-likeness (QED) is 0.817. The van der Waals surface area contributed by atoms with E-state index >= 15 is 0 Å². The van der Waals surface area contributed by atoms with Gasteiger partial charge in [-0.25, -0.2) is 18.5 Å². The number of aromatic nitrogens is 1. The smallest absolute Gasteiger partial charge is 0.238 e. The zero-order valence-corrected chi connectivity index (χ0v) is 14.6. The molecule has 23 heavy (non-hydrogen) atoms. The lowest BCUT2D eigenvalue weighted by atomic mass is 10.1. The maximum absolute atomic E-state index is 11.9. The molecule has 3 N–H and O–H groups in total. The molecule has 0 atom stereocenters. The highest BCUT2D eigenvalue weighted by molar-refractivity contribution is 7.89. The monoisotopic (exact) mass is 353 g/mol. The molecule has 0 spiro atoms. The lowest BCUT2D eigenvalue weighted by Crippen LogP contribution is -2.27. The summed E-state index contributed by atoms with van der Waals surface area (Å²) in [5.41, 5.74) is 1.84. The molecule has 124 valence electrons. The average molecular weight is 353 g/mol. The van der Waals surface area contributed by atoms with Crippen molar-refractivity contribution in [3.8, 4) is 0 Å². The average Bonchev–Trinajstić information content (AvgIpc) is 2.76. The van der Waals surface area contributed by atoms with Crippen molar-refractivity contribution < 1.29 is 13.2 Å². The van der Waals surface area contributed by atoms with E-state index in [4.69, 9.17) is 5.14 Å². The molecule has 2 rings (SSSR count). The summed E-state index contributed by atoms with van der Waals surface area (Å²) >= 11 is 1.54. The van der Waals surface area contributed by atoms with E-state index in [2.05, 4.69) is 10.3 Å². The van der Waals surface area contributed by atoms with Gasteiger partial charge in [-0.2, -0.15) is 0 Å². The van der Waals surface area contributed by atoms with Gasteiger partial charge in [-0.05, 0) is 38.0 Å². The largest absolute Gasteiger partial charge is 0.355 e. The van der Waals surface area contributed by atoms with Crippen molar-refractivity contribution >= 4 is 27.3 Å². The highest BCUT2D eigenvalue weighted by atomic mass is 32.2. The fourth-order valence-corrected chi connectivity index (χ4v) is 3.59. The minimum Gasteiger partial charge on any atom is -0.355 e. The number of amides is 1. The number of primary sulfonamides is 1. The van der Waals surface area contributed by atoms with Crippen molar-refractivity contribution in [2.24, 2.45) is 5.14 Å². The first-order valence-corrected chi connectivity index (χ1v) is 9.43. The van der Waals surface area contributed by atoms with Crippen LogP contribution in [-0.4, -0.2) is 25.9 Å². The molecular formula is C15H19N3O3S2. The molecule has 2 aromatic rings. The number of benzene rings is 1. The van der Waals surface area contributed by atoms with Gasteiger partial charge in [-0.15, -0.1) is 11.3 Å². The van der Waals surface area contributed by atoms with Gasteiger partial charge in [0.1, 0.15) is 0 Å². The van der Waals surface area contributed by atoms with E-state index in [-0.39, 0.29) is 10.8 Å². The Kier molecular flexibility index (Phi) is 5.51. The third-order valence-electron chi connectivity index (χ3n) is 3.31. The molecule has 0 bridgehead atoms. The summed E-state index contributed by atoms with van der Waals surface area (Å²) in [4.78, 5) is 17.3. The van der Waals surface area contributed by atoms with Crippen molar-refractivity contribution in [2.75, 3.05) is 6.54 Å². The number of hydrogen-bond donors (Lipinski definition) is 2. The van der Waals surface area contributed by atoms with Crippen LogP contribution >= 0.6 is 11.3 Å². The molecule has 6 nitrogen and oxygen atoms in total. The molecule has 1 amide bonds. The second kappa shape index (κ2) is 7.20. The number of hydrogen-bond acceptors (Lipinski definition) is 5. The Morgan fingerprint density at radius 2 is 1.91 bits per heavy atom. The Labute approximate surface area is 139 Å². The highest BCUT2D eigenvalue weighted by Gasteiger charge is 2.10. The number of nitrogens with zero attached hydrogens (tertiary/aromatic N) is 1. The fourth-order valence-electron chi connectivity index (χ4n) is 2.14. The summed E-state index contributed by atoms with van der Waals surface area (Å²) in [6, 6.07) is 6.33. The van der Waals surface area contributed by atoms with Crippen LogP contribution in [0.3, 0.4) is 0 Å². The summed E-state index contributed by atoms with van der Waals surface area (Å²) in [5, 5.41) is 8.86. The van der Waals surface area contributed by atoms with Gasteiger partial charge in [0.2, 0.25) is 15.9 Å². The van der Waals surface area contributed by atoms with E-state index in [1.165, 1.54) is 23.5 Å². The lowest BCUT2D eigenvalue weighted by molar-refractivity contribution is -0.120. The van der Waals surface area contributed by atoms with Crippen LogP contribution in [0.15, 0.2) is 29.2 Å². The minimum absolute atomic E-state index is 0.0436. The first-order chi connectivity index (χ1) is 10.8. The van der Waals surface area contributed by atoms with E-state index in [9.17, 15) is 13.2 Å². The third-order valence-corrected chi connectivity index (χ3v) is 5.31. The van der Waals surface area contributed by atoms with Gasteiger partial charge in [0.05, 0.1) is 22.0 Å². The van der Waals surface area contributed by atoms with Crippen LogP contribution in [0, 0.1) is 13.8 Å². The van der Waals surface area contributed by atoms with Crippen LogP contribution in [0.2, 0.25) is 0 Å². The molecule has 0 saturated carbocycles. The van der Waals surface area contributed by atoms with Crippen LogP contribution in [0.4, 0.5) is 0 Å². The number of nitrogens with one attached hydrogen (secondary N) is 1.